The Labute approximate surface area is 172 Å². The van der Waals surface area contributed by atoms with Gasteiger partial charge in [-0.15, -0.1) is 11.3 Å². The summed E-state index contributed by atoms with van der Waals surface area (Å²) in [6, 6.07) is 10.4. The first-order valence-corrected chi connectivity index (χ1v) is 11.3. The van der Waals surface area contributed by atoms with Crippen LogP contribution in [0.25, 0.3) is 10.6 Å². The van der Waals surface area contributed by atoms with Gasteiger partial charge in [-0.25, -0.2) is 4.98 Å². The molecule has 0 N–H and O–H groups in total. The molecule has 2 aromatic rings. The molecule has 0 saturated carbocycles. The number of piperazine rings is 1. The SMILES string of the molecule is CC1CCN(C(=O)CN2CCN(Cc3csc(-c4ccccc4)n3)CC2)CC1. The van der Waals surface area contributed by atoms with E-state index in [0.717, 1.165) is 75.3 Å². The molecule has 0 aliphatic carbocycles. The second-order valence-electron chi connectivity index (χ2n) is 8.13. The van der Waals surface area contributed by atoms with Gasteiger partial charge in [-0.05, 0) is 18.8 Å². The van der Waals surface area contributed by atoms with Crippen molar-refractivity contribution in [3.63, 3.8) is 0 Å². The fraction of sp³-hybridized carbons (Fsp3) is 0.545. The minimum atomic E-state index is 0.312. The van der Waals surface area contributed by atoms with Crippen LogP contribution in [0.3, 0.4) is 0 Å². The summed E-state index contributed by atoms with van der Waals surface area (Å²) in [5.74, 6) is 1.08. The smallest absolute Gasteiger partial charge is 0.236 e. The molecule has 0 radical (unpaired) electrons. The van der Waals surface area contributed by atoms with Crippen molar-refractivity contribution in [2.45, 2.75) is 26.3 Å². The Morgan fingerprint density at radius 2 is 1.71 bits per heavy atom. The van der Waals surface area contributed by atoms with Gasteiger partial charge in [-0.2, -0.15) is 0 Å². The number of aromatic nitrogens is 1. The van der Waals surface area contributed by atoms with Crippen LogP contribution in [-0.2, 0) is 11.3 Å². The van der Waals surface area contributed by atoms with Crippen LogP contribution in [0.1, 0.15) is 25.5 Å². The third-order valence-electron chi connectivity index (χ3n) is 5.92. The Bertz CT molecular complexity index is 762. The number of rotatable bonds is 5. The summed E-state index contributed by atoms with van der Waals surface area (Å²) in [7, 11) is 0. The third kappa shape index (κ3) is 4.99. The first-order valence-electron chi connectivity index (χ1n) is 10.4. The zero-order valence-electron chi connectivity index (χ0n) is 16.7. The van der Waals surface area contributed by atoms with Gasteiger partial charge in [0.15, 0.2) is 0 Å². The van der Waals surface area contributed by atoms with Gasteiger partial charge in [-0.1, -0.05) is 37.3 Å². The van der Waals surface area contributed by atoms with Gasteiger partial charge in [0, 0.05) is 56.8 Å². The monoisotopic (exact) mass is 398 g/mol. The summed E-state index contributed by atoms with van der Waals surface area (Å²) in [5.41, 5.74) is 2.34. The quantitative estimate of drug-likeness (QED) is 0.776. The summed E-state index contributed by atoms with van der Waals surface area (Å²) in [4.78, 5) is 24.2. The number of piperidine rings is 1. The number of carbonyl (C=O) groups is 1. The van der Waals surface area contributed by atoms with Gasteiger partial charge < -0.3 is 4.90 Å². The minimum absolute atomic E-state index is 0.312. The van der Waals surface area contributed by atoms with E-state index in [1.807, 2.05) is 6.07 Å². The van der Waals surface area contributed by atoms with Crippen molar-refractivity contribution >= 4 is 17.2 Å². The van der Waals surface area contributed by atoms with Gasteiger partial charge in [0.2, 0.25) is 5.91 Å². The second-order valence-corrected chi connectivity index (χ2v) is 8.98. The van der Waals surface area contributed by atoms with E-state index in [9.17, 15) is 4.79 Å². The van der Waals surface area contributed by atoms with E-state index >= 15 is 0 Å². The van der Waals surface area contributed by atoms with Gasteiger partial charge in [0.05, 0.1) is 12.2 Å². The Hall–Kier alpha value is -1.76. The fourth-order valence-corrected chi connectivity index (χ4v) is 4.79. The summed E-state index contributed by atoms with van der Waals surface area (Å²) >= 11 is 1.72. The first kappa shape index (κ1) is 19.6. The Morgan fingerprint density at radius 3 is 2.43 bits per heavy atom. The molecule has 6 heteroatoms. The van der Waals surface area contributed by atoms with E-state index < -0.39 is 0 Å². The number of carbonyl (C=O) groups excluding carboxylic acids is 1. The largest absolute Gasteiger partial charge is 0.342 e. The molecule has 2 fully saturated rings. The number of hydrogen-bond acceptors (Lipinski definition) is 5. The zero-order valence-corrected chi connectivity index (χ0v) is 17.5. The lowest BCUT2D eigenvalue weighted by Crippen LogP contribution is -2.50. The van der Waals surface area contributed by atoms with Gasteiger partial charge in [-0.3, -0.25) is 14.6 Å². The highest BCUT2D eigenvalue weighted by Crippen LogP contribution is 2.24. The third-order valence-corrected chi connectivity index (χ3v) is 6.86. The van der Waals surface area contributed by atoms with Gasteiger partial charge in [0.1, 0.15) is 5.01 Å². The van der Waals surface area contributed by atoms with Crippen LogP contribution in [0, 0.1) is 5.92 Å². The van der Waals surface area contributed by atoms with Crippen molar-refractivity contribution in [1.82, 2.24) is 19.7 Å². The summed E-state index contributed by atoms with van der Waals surface area (Å²) in [6.45, 7) is 9.57. The van der Waals surface area contributed by atoms with Crippen molar-refractivity contribution in [3.8, 4) is 10.6 Å². The van der Waals surface area contributed by atoms with Crippen molar-refractivity contribution in [3.05, 3.63) is 41.4 Å². The van der Waals surface area contributed by atoms with E-state index in [2.05, 4.69) is 51.3 Å². The summed E-state index contributed by atoms with van der Waals surface area (Å²) in [6.07, 6.45) is 2.30. The highest BCUT2D eigenvalue weighted by molar-refractivity contribution is 7.13. The average molecular weight is 399 g/mol. The van der Waals surface area contributed by atoms with Crippen molar-refractivity contribution in [1.29, 1.82) is 0 Å². The van der Waals surface area contributed by atoms with Crippen molar-refractivity contribution in [2.24, 2.45) is 5.92 Å². The first-order chi connectivity index (χ1) is 13.7. The number of thiazole rings is 1. The molecule has 1 aromatic heterocycles. The molecular weight excluding hydrogens is 368 g/mol. The van der Waals surface area contributed by atoms with Gasteiger partial charge >= 0.3 is 0 Å². The molecule has 0 bridgehead atoms. The van der Waals surface area contributed by atoms with E-state index in [1.165, 1.54) is 5.56 Å². The van der Waals surface area contributed by atoms with Crippen molar-refractivity contribution in [2.75, 3.05) is 45.8 Å². The van der Waals surface area contributed by atoms with Crippen molar-refractivity contribution < 1.29 is 4.79 Å². The fourth-order valence-electron chi connectivity index (χ4n) is 3.98. The maximum Gasteiger partial charge on any atom is 0.236 e. The maximum absolute atomic E-state index is 12.5. The highest BCUT2D eigenvalue weighted by atomic mass is 32.1. The van der Waals surface area contributed by atoms with Crippen LogP contribution in [0.15, 0.2) is 35.7 Å². The predicted molar refractivity (Wildman–Crippen MR) is 114 cm³/mol. The van der Waals surface area contributed by atoms with E-state index in [-0.39, 0.29) is 0 Å². The standard InChI is InChI=1S/C22H30N4OS/c1-18-7-9-26(10-8-18)21(27)16-25-13-11-24(12-14-25)15-20-17-28-22(23-20)19-5-3-2-4-6-19/h2-6,17-18H,7-16H2,1H3. The van der Waals surface area contributed by atoms with E-state index in [4.69, 9.17) is 4.98 Å². The molecular formula is C22H30N4OS. The Kier molecular flexibility index (Phi) is 6.40. The van der Waals surface area contributed by atoms with Gasteiger partial charge in [0.25, 0.3) is 0 Å². The lowest BCUT2D eigenvalue weighted by molar-refractivity contribution is -0.134. The Balaban J connectivity index is 1.22. The van der Waals surface area contributed by atoms with Crippen LogP contribution in [-0.4, -0.2) is 71.4 Å². The second kappa shape index (κ2) is 9.16. The normalized spacial score (nSPS) is 19.8. The lowest BCUT2D eigenvalue weighted by Gasteiger charge is -2.36. The van der Waals surface area contributed by atoms with Crippen LogP contribution >= 0.6 is 11.3 Å². The molecule has 28 heavy (non-hydrogen) atoms. The summed E-state index contributed by atoms with van der Waals surface area (Å²) < 4.78 is 0. The molecule has 4 rings (SSSR count). The molecule has 5 nitrogen and oxygen atoms in total. The van der Waals surface area contributed by atoms with Crippen LogP contribution in [0.5, 0.6) is 0 Å². The molecule has 2 aliphatic rings. The number of hydrogen-bond donors (Lipinski definition) is 0. The molecule has 150 valence electrons. The molecule has 0 atom stereocenters. The summed E-state index contributed by atoms with van der Waals surface area (Å²) in [5, 5.41) is 3.27. The minimum Gasteiger partial charge on any atom is -0.342 e. The number of nitrogens with zero attached hydrogens (tertiary/aromatic N) is 4. The average Bonchev–Trinajstić information content (AvgIpc) is 3.19. The van der Waals surface area contributed by atoms with E-state index in [0.29, 0.717) is 12.5 Å². The molecule has 3 heterocycles. The molecule has 2 aliphatic heterocycles. The van der Waals surface area contributed by atoms with Crippen LogP contribution in [0.4, 0.5) is 0 Å². The topological polar surface area (TPSA) is 39.7 Å². The lowest BCUT2D eigenvalue weighted by atomic mass is 9.99. The molecule has 0 unspecified atom stereocenters. The molecule has 2 saturated heterocycles. The molecule has 1 aromatic carbocycles. The maximum atomic E-state index is 12.5. The Morgan fingerprint density at radius 1 is 1.04 bits per heavy atom. The zero-order chi connectivity index (χ0) is 19.3. The number of likely N-dealkylation sites (tertiary alicyclic amines) is 1. The van der Waals surface area contributed by atoms with Crippen LogP contribution in [0.2, 0.25) is 0 Å². The van der Waals surface area contributed by atoms with Crippen LogP contribution < -0.4 is 0 Å². The molecule has 0 spiro atoms. The molecule has 1 amide bonds. The number of benzene rings is 1. The predicted octanol–water partition coefficient (Wildman–Crippen LogP) is 3.19. The van der Waals surface area contributed by atoms with E-state index in [1.54, 1.807) is 11.3 Å². The highest BCUT2D eigenvalue weighted by Gasteiger charge is 2.24. The number of amides is 1.